The number of carbonyl (C=O) groups excluding carboxylic acids is 2. The summed E-state index contributed by atoms with van der Waals surface area (Å²) < 4.78 is 1.89. The maximum absolute atomic E-state index is 12.7. The molecule has 6 nitrogen and oxygen atoms in total. The molecule has 0 fully saturated rings. The molecular formula is C18H24N4O2. The minimum Gasteiger partial charge on any atom is -0.361 e. The van der Waals surface area contributed by atoms with Gasteiger partial charge in [0.15, 0.2) is 5.78 Å². The van der Waals surface area contributed by atoms with E-state index in [2.05, 4.69) is 15.4 Å². The first-order valence-electron chi connectivity index (χ1n) is 8.43. The fourth-order valence-corrected chi connectivity index (χ4v) is 3.48. The number of rotatable bonds is 4. The molecule has 128 valence electrons. The lowest BCUT2D eigenvalue weighted by Gasteiger charge is -2.16. The first-order chi connectivity index (χ1) is 11.4. The number of aryl methyl sites for hydroxylation is 4. The predicted molar refractivity (Wildman–Crippen MR) is 91.4 cm³/mol. The van der Waals surface area contributed by atoms with E-state index in [1.54, 1.807) is 0 Å². The van der Waals surface area contributed by atoms with Crippen LogP contribution in [0.3, 0.4) is 0 Å². The van der Waals surface area contributed by atoms with Crippen LogP contribution in [0.15, 0.2) is 6.07 Å². The molecule has 0 saturated heterocycles. The molecule has 1 amide bonds. The number of carbonyl (C=O) groups is 2. The van der Waals surface area contributed by atoms with Crippen molar-refractivity contribution in [1.29, 1.82) is 0 Å². The van der Waals surface area contributed by atoms with Gasteiger partial charge in [0.05, 0.1) is 23.4 Å². The molecule has 3 rings (SSSR count). The minimum absolute atomic E-state index is 0.0666. The van der Waals surface area contributed by atoms with E-state index in [1.165, 1.54) is 0 Å². The van der Waals surface area contributed by atoms with Gasteiger partial charge in [0.1, 0.15) is 0 Å². The quantitative estimate of drug-likeness (QED) is 0.905. The van der Waals surface area contributed by atoms with Crippen LogP contribution < -0.4 is 5.32 Å². The molecule has 0 aromatic carbocycles. The lowest BCUT2D eigenvalue weighted by atomic mass is 9.93. The van der Waals surface area contributed by atoms with E-state index in [4.69, 9.17) is 0 Å². The molecule has 0 bridgehead atoms. The number of nitrogens with zero attached hydrogens (tertiary/aromatic N) is 2. The van der Waals surface area contributed by atoms with Crippen LogP contribution >= 0.6 is 0 Å². The van der Waals surface area contributed by atoms with Crippen LogP contribution in [-0.4, -0.2) is 32.5 Å². The number of amides is 1. The zero-order valence-corrected chi connectivity index (χ0v) is 14.7. The lowest BCUT2D eigenvalue weighted by Crippen LogP contribution is -2.37. The summed E-state index contributed by atoms with van der Waals surface area (Å²) in [4.78, 5) is 28.2. The van der Waals surface area contributed by atoms with Gasteiger partial charge in [-0.3, -0.25) is 14.3 Å². The zero-order chi connectivity index (χ0) is 17.4. The largest absolute Gasteiger partial charge is 0.361 e. The summed E-state index contributed by atoms with van der Waals surface area (Å²) in [6, 6.07) is 1.93. The van der Waals surface area contributed by atoms with E-state index in [0.29, 0.717) is 24.1 Å². The fourth-order valence-electron chi connectivity index (χ4n) is 3.48. The first-order valence-corrected chi connectivity index (χ1v) is 8.43. The van der Waals surface area contributed by atoms with Crippen LogP contribution in [0, 0.1) is 20.8 Å². The maximum Gasteiger partial charge on any atom is 0.254 e. The first kappa shape index (κ1) is 16.5. The standard InChI is InChI=1S/C18H24N4O2/c1-10-8-12(3)22(21-10)9-11(2)19-18(24)16-13(4)20-14-6-5-7-15(23)17(14)16/h8,11,20H,5-7,9H2,1-4H3,(H,19,24)/t11-/m0/s1. The van der Waals surface area contributed by atoms with Crippen molar-refractivity contribution in [1.82, 2.24) is 20.1 Å². The van der Waals surface area contributed by atoms with Crippen molar-refractivity contribution in [2.24, 2.45) is 0 Å². The fraction of sp³-hybridized carbons (Fsp3) is 0.500. The van der Waals surface area contributed by atoms with Gasteiger partial charge in [0.25, 0.3) is 5.91 Å². The Bertz CT molecular complexity index is 800. The highest BCUT2D eigenvalue weighted by molar-refractivity contribution is 6.10. The van der Waals surface area contributed by atoms with Gasteiger partial charge in [-0.05, 0) is 46.6 Å². The summed E-state index contributed by atoms with van der Waals surface area (Å²) in [5.41, 5.74) is 4.81. The van der Waals surface area contributed by atoms with Crippen molar-refractivity contribution >= 4 is 11.7 Å². The Hall–Kier alpha value is -2.37. The van der Waals surface area contributed by atoms with Crippen LogP contribution in [0.2, 0.25) is 0 Å². The summed E-state index contributed by atoms with van der Waals surface area (Å²) in [6.07, 6.45) is 2.20. The van der Waals surface area contributed by atoms with E-state index in [-0.39, 0.29) is 17.7 Å². The number of aromatic nitrogens is 3. The van der Waals surface area contributed by atoms with E-state index in [9.17, 15) is 9.59 Å². The molecule has 1 aliphatic rings. The maximum atomic E-state index is 12.7. The topological polar surface area (TPSA) is 79.8 Å². The van der Waals surface area contributed by atoms with Crippen molar-refractivity contribution in [3.8, 4) is 0 Å². The Morgan fingerprint density at radius 1 is 1.38 bits per heavy atom. The van der Waals surface area contributed by atoms with Crippen LogP contribution in [-0.2, 0) is 13.0 Å². The number of nitrogens with one attached hydrogen (secondary N) is 2. The number of hydrogen-bond acceptors (Lipinski definition) is 3. The monoisotopic (exact) mass is 328 g/mol. The Morgan fingerprint density at radius 2 is 2.12 bits per heavy atom. The van der Waals surface area contributed by atoms with E-state index in [0.717, 1.165) is 35.6 Å². The molecule has 2 aromatic heterocycles. The van der Waals surface area contributed by atoms with Gasteiger partial charge in [-0.1, -0.05) is 0 Å². The molecule has 2 heterocycles. The number of aromatic amines is 1. The third-order valence-corrected chi connectivity index (χ3v) is 4.53. The van der Waals surface area contributed by atoms with Gasteiger partial charge < -0.3 is 10.3 Å². The van der Waals surface area contributed by atoms with Crippen molar-refractivity contribution in [3.05, 3.63) is 40.0 Å². The molecule has 1 atom stereocenters. The molecule has 0 unspecified atom stereocenters. The third kappa shape index (κ3) is 3.00. The molecule has 0 spiro atoms. The van der Waals surface area contributed by atoms with Gasteiger partial charge >= 0.3 is 0 Å². The normalized spacial score (nSPS) is 15.2. The summed E-state index contributed by atoms with van der Waals surface area (Å²) in [5.74, 6) is -0.119. The molecule has 0 aliphatic heterocycles. The summed E-state index contributed by atoms with van der Waals surface area (Å²) in [6.45, 7) is 8.36. The van der Waals surface area contributed by atoms with Gasteiger partial charge in [0, 0.05) is 29.5 Å². The molecule has 6 heteroatoms. The van der Waals surface area contributed by atoms with Crippen molar-refractivity contribution < 1.29 is 9.59 Å². The average Bonchev–Trinajstić information content (AvgIpc) is 2.98. The second kappa shape index (κ2) is 6.26. The second-order valence-electron chi connectivity index (χ2n) is 6.74. The molecule has 2 aromatic rings. The summed E-state index contributed by atoms with van der Waals surface area (Å²) >= 11 is 0. The van der Waals surface area contributed by atoms with Gasteiger partial charge in [-0.15, -0.1) is 0 Å². The smallest absolute Gasteiger partial charge is 0.254 e. The highest BCUT2D eigenvalue weighted by Gasteiger charge is 2.28. The van der Waals surface area contributed by atoms with Crippen LogP contribution in [0.4, 0.5) is 0 Å². The van der Waals surface area contributed by atoms with Gasteiger partial charge in [-0.25, -0.2) is 0 Å². The predicted octanol–water partition coefficient (Wildman–Crippen LogP) is 2.47. The van der Waals surface area contributed by atoms with Gasteiger partial charge in [0.2, 0.25) is 0 Å². The number of hydrogen-bond donors (Lipinski definition) is 2. The lowest BCUT2D eigenvalue weighted by molar-refractivity contribution is 0.0915. The van der Waals surface area contributed by atoms with Crippen molar-refractivity contribution in [2.45, 2.75) is 59.5 Å². The average molecular weight is 328 g/mol. The highest BCUT2D eigenvalue weighted by atomic mass is 16.2. The second-order valence-corrected chi connectivity index (χ2v) is 6.74. The molecular weight excluding hydrogens is 304 g/mol. The molecule has 1 aliphatic carbocycles. The number of H-pyrrole nitrogens is 1. The van der Waals surface area contributed by atoms with Crippen molar-refractivity contribution in [3.63, 3.8) is 0 Å². The Morgan fingerprint density at radius 3 is 2.79 bits per heavy atom. The molecule has 24 heavy (non-hydrogen) atoms. The molecule has 0 radical (unpaired) electrons. The van der Waals surface area contributed by atoms with Crippen LogP contribution in [0.25, 0.3) is 0 Å². The SMILES string of the molecule is Cc1cc(C)n(C[C@H](C)NC(=O)c2c(C)[nH]c3c2C(=O)CCC3)n1. The Balaban J connectivity index is 1.77. The molecule has 0 saturated carbocycles. The van der Waals surface area contributed by atoms with Crippen LogP contribution in [0.1, 0.15) is 63.3 Å². The molecule has 2 N–H and O–H groups in total. The Labute approximate surface area is 141 Å². The van der Waals surface area contributed by atoms with E-state index < -0.39 is 0 Å². The van der Waals surface area contributed by atoms with Crippen molar-refractivity contribution in [2.75, 3.05) is 0 Å². The number of fused-ring (bicyclic) bond motifs is 1. The van der Waals surface area contributed by atoms with E-state index in [1.807, 2.05) is 38.4 Å². The highest BCUT2D eigenvalue weighted by Crippen LogP contribution is 2.26. The summed E-state index contributed by atoms with van der Waals surface area (Å²) in [7, 11) is 0. The zero-order valence-electron chi connectivity index (χ0n) is 14.7. The van der Waals surface area contributed by atoms with Crippen LogP contribution in [0.5, 0.6) is 0 Å². The van der Waals surface area contributed by atoms with Gasteiger partial charge in [-0.2, -0.15) is 5.10 Å². The summed E-state index contributed by atoms with van der Waals surface area (Å²) in [5, 5.41) is 7.43. The Kier molecular flexibility index (Phi) is 4.30. The third-order valence-electron chi connectivity index (χ3n) is 4.53. The number of ketones is 1. The minimum atomic E-state index is -0.186. The number of Topliss-reactive ketones (excluding diaryl/α,β-unsaturated/α-hetero) is 1. The van der Waals surface area contributed by atoms with E-state index >= 15 is 0 Å².